The number of anilines is 2. The highest BCUT2D eigenvalue weighted by atomic mass is 16.5. The summed E-state index contributed by atoms with van der Waals surface area (Å²) in [5.41, 5.74) is 5.11. The quantitative estimate of drug-likeness (QED) is 0.716. The molecule has 2 aliphatic heterocycles. The van der Waals surface area contributed by atoms with Crippen LogP contribution in [0.15, 0.2) is 36.4 Å². The standard InChI is InChI=1S/C25H32N2O4/c1-5-31-24(28)17-6-7-22-19(12-17)16-25(2,3)23(26-22)18-13-20(15-21(14-18)29-4)27-8-10-30-11-9-27/h6-7,12-15,23,26H,5,8-11,16H2,1-4H3. The summed E-state index contributed by atoms with van der Waals surface area (Å²) in [4.78, 5) is 14.5. The molecule has 2 aromatic carbocycles. The number of esters is 1. The van der Waals surface area contributed by atoms with Gasteiger partial charge >= 0.3 is 5.97 Å². The molecular weight excluding hydrogens is 392 g/mol. The Morgan fingerprint density at radius 2 is 1.97 bits per heavy atom. The number of fused-ring (bicyclic) bond motifs is 1. The highest BCUT2D eigenvalue weighted by Crippen LogP contribution is 2.46. The molecule has 1 N–H and O–H groups in total. The van der Waals surface area contributed by atoms with Crippen molar-refractivity contribution in [2.45, 2.75) is 33.2 Å². The second-order valence-corrected chi connectivity index (χ2v) is 8.90. The van der Waals surface area contributed by atoms with Crippen molar-refractivity contribution < 1.29 is 19.0 Å². The van der Waals surface area contributed by atoms with Crippen LogP contribution >= 0.6 is 0 Å². The average molecular weight is 425 g/mol. The average Bonchev–Trinajstić information content (AvgIpc) is 2.78. The molecule has 166 valence electrons. The van der Waals surface area contributed by atoms with Crippen molar-refractivity contribution >= 4 is 17.3 Å². The summed E-state index contributed by atoms with van der Waals surface area (Å²) >= 11 is 0. The Kier molecular flexibility index (Phi) is 6.10. The molecule has 2 aliphatic rings. The van der Waals surface area contributed by atoms with Crippen LogP contribution in [0, 0.1) is 5.41 Å². The fraction of sp³-hybridized carbons (Fsp3) is 0.480. The highest BCUT2D eigenvalue weighted by Gasteiger charge is 2.37. The molecule has 0 amide bonds. The Balaban J connectivity index is 1.66. The van der Waals surface area contributed by atoms with Crippen molar-refractivity contribution in [3.8, 4) is 5.75 Å². The Bertz CT molecular complexity index is 951. The molecule has 4 rings (SSSR count). The van der Waals surface area contributed by atoms with Gasteiger partial charge in [-0.15, -0.1) is 0 Å². The van der Waals surface area contributed by atoms with Gasteiger partial charge in [0.25, 0.3) is 0 Å². The number of benzene rings is 2. The van der Waals surface area contributed by atoms with Crippen molar-refractivity contribution in [1.29, 1.82) is 0 Å². The zero-order valence-electron chi connectivity index (χ0n) is 18.9. The summed E-state index contributed by atoms with van der Waals surface area (Å²) in [6, 6.07) is 12.4. The van der Waals surface area contributed by atoms with Crippen molar-refractivity contribution in [2.24, 2.45) is 5.41 Å². The van der Waals surface area contributed by atoms with Crippen LogP contribution in [-0.2, 0) is 15.9 Å². The first-order chi connectivity index (χ1) is 14.9. The maximum absolute atomic E-state index is 12.2. The molecule has 0 spiro atoms. The smallest absolute Gasteiger partial charge is 0.338 e. The SMILES string of the molecule is CCOC(=O)c1ccc2c(c1)CC(C)(C)C(c1cc(OC)cc(N3CCOCC3)c1)N2. The minimum Gasteiger partial charge on any atom is -0.497 e. The molecule has 0 radical (unpaired) electrons. The van der Waals surface area contributed by atoms with Crippen LogP contribution in [0.2, 0.25) is 0 Å². The van der Waals surface area contributed by atoms with Crippen LogP contribution in [0.25, 0.3) is 0 Å². The molecule has 2 heterocycles. The van der Waals surface area contributed by atoms with E-state index in [-0.39, 0.29) is 17.4 Å². The molecule has 0 aromatic heterocycles. The summed E-state index contributed by atoms with van der Waals surface area (Å²) in [6.07, 6.45) is 0.858. The Morgan fingerprint density at radius 3 is 2.68 bits per heavy atom. The fourth-order valence-corrected chi connectivity index (χ4v) is 4.59. The normalized spacial score (nSPS) is 19.9. The summed E-state index contributed by atoms with van der Waals surface area (Å²) < 4.78 is 16.3. The van der Waals surface area contributed by atoms with Gasteiger partial charge in [0.1, 0.15) is 5.75 Å². The summed E-state index contributed by atoms with van der Waals surface area (Å²) in [5.74, 6) is 0.591. The molecule has 0 saturated carbocycles. The van der Waals surface area contributed by atoms with Crippen LogP contribution in [0.4, 0.5) is 11.4 Å². The Labute approximate surface area is 184 Å². The van der Waals surface area contributed by atoms with Gasteiger partial charge in [0.05, 0.1) is 38.5 Å². The maximum atomic E-state index is 12.2. The number of nitrogens with zero attached hydrogens (tertiary/aromatic N) is 1. The van der Waals surface area contributed by atoms with Gasteiger partial charge in [0, 0.05) is 30.5 Å². The number of hydrogen-bond donors (Lipinski definition) is 1. The van der Waals surface area contributed by atoms with E-state index in [4.69, 9.17) is 14.2 Å². The number of hydrogen-bond acceptors (Lipinski definition) is 6. The number of morpholine rings is 1. The van der Waals surface area contributed by atoms with Crippen molar-refractivity contribution in [2.75, 3.05) is 50.2 Å². The van der Waals surface area contributed by atoms with Gasteiger partial charge in [-0.3, -0.25) is 0 Å². The van der Waals surface area contributed by atoms with E-state index in [1.54, 1.807) is 7.11 Å². The first kappa shape index (κ1) is 21.5. The maximum Gasteiger partial charge on any atom is 0.338 e. The van der Waals surface area contributed by atoms with Crippen molar-refractivity contribution in [1.82, 2.24) is 0 Å². The van der Waals surface area contributed by atoms with Crippen LogP contribution in [0.5, 0.6) is 5.75 Å². The molecular formula is C25H32N2O4. The fourth-order valence-electron chi connectivity index (χ4n) is 4.59. The van der Waals surface area contributed by atoms with Crippen molar-refractivity contribution in [3.63, 3.8) is 0 Å². The monoisotopic (exact) mass is 424 g/mol. The van der Waals surface area contributed by atoms with Crippen LogP contribution in [0.3, 0.4) is 0 Å². The second-order valence-electron chi connectivity index (χ2n) is 8.90. The topological polar surface area (TPSA) is 60.0 Å². The molecule has 2 aromatic rings. The third-order valence-corrected chi connectivity index (χ3v) is 6.20. The van der Waals surface area contributed by atoms with Crippen LogP contribution in [-0.4, -0.2) is 46.0 Å². The zero-order chi connectivity index (χ0) is 22.0. The van der Waals surface area contributed by atoms with Gasteiger partial charge in [0.2, 0.25) is 0 Å². The van der Waals surface area contributed by atoms with Gasteiger partial charge in [-0.2, -0.15) is 0 Å². The molecule has 31 heavy (non-hydrogen) atoms. The lowest BCUT2D eigenvalue weighted by atomic mass is 9.72. The third kappa shape index (κ3) is 4.49. The van der Waals surface area contributed by atoms with E-state index >= 15 is 0 Å². The van der Waals surface area contributed by atoms with E-state index in [1.165, 1.54) is 11.3 Å². The molecule has 1 unspecified atom stereocenters. The Hall–Kier alpha value is -2.73. The van der Waals surface area contributed by atoms with Gasteiger partial charge in [0.15, 0.2) is 0 Å². The molecule has 1 atom stereocenters. The van der Waals surface area contributed by atoms with E-state index < -0.39 is 0 Å². The summed E-state index contributed by atoms with van der Waals surface area (Å²) in [6.45, 7) is 9.98. The minimum absolute atomic E-state index is 0.0606. The first-order valence-corrected chi connectivity index (χ1v) is 11.0. The summed E-state index contributed by atoms with van der Waals surface area (Å²) in [7, 11) is 1.72. The van der Waals surface area contributed by atoms with E-state index in [0.29, 0.717) is 12.2 Å². The lowest BCUT2D eigenvalue weighted by Gasteiger charge is -2.42. The number of rotatable bonds is 5. The third-order valence-electron chi connectivity index (χ3n) is 6.20. The van der Waals surface area contributed by atoms with Gasteiger partial charge in [-0.05, 0) is 60.2 Å². The number of methoxy groups -OCH3 is 1. The van der Waals surface area contributed by atoms with Gasteiger partial charge in [-0.25, -0.2) is 4.79 Å². The number of ether oxygens (including phenoxy) is 3. The van der Waals surface area contributed by atoms with Crippen LogP contribution < -0.4 is 15.0 Å². The minimum atomic E-state index is -0.270. The summed E-state index contributed by atoms with van der Waals surface area (Å²) in [5, 5.41) is 3.73. The van der Waals surface area contributed by atoms with Crippen LogP contribution in [0.1, 0.15) is 48.3 Å². The Morgan fingerprint density at radius 1 is 1.19 bits per heavy atom. The van der Waals surface area contributed by atoms with E-state index in [1.807, 2.05) is 25.1 Å². The van der Waals surface area contributed by atoms with E-state index in [2.05, 4.69) is 42.3 Å². The predicted octanol–water partition coefficient (Wildman–Crippen LogP) is 4.44. The lowest BCUT2D eigenvalue weighted by molar-refractivity contribution is 0.0526. The largest absolute Gasteiger partial charge is 0.497 e. The number of carbonyl (C=O) groups excluding carboxylic acids is 1. The highest BCUT2D eigenvalue weighted by molar-refractivity contribution is 5.90. The second kappa shape index (κ2) is 8.79. The molecule has 0 bridgehead atoms. The lowest BCUT2D eigenvalue weighted by Crippen LogP contribution is -2.37. The molecule has 6 heteroatoms. The van der Waals surface area contributed by atoms with E-state index in [9.17, 15) is 4.79 Å². The molecule has 1 fully saturated rings. The number of nitrogens with one attached hydrogen (secondary N) is 1. The molecule has 1 saturated heterocycles. The van der Waals surface area contributed by atoms with Gasteiger partial charge in [-0.1, -0.05) is 13.8 Å². The predicted molar refractivity (Wildman–Crippen MR) is 122 cm³/mol. The van der Waals surface area contributed by atoms with Crippen molar-refractivity contribution in [3.05, 3.63) is 53.1 Å². The number of carbonyl (C=O) groups is 1. The molecule has 0 aliphatic carbocycles. The first-order valence-electron chi connectivity index (χ1n) is 11.0. The van der Waals surface area contributed by atoms with E-state index in [0.717, 1.165) is 49.7 Å². The zero-order valence-corrected chi connectivity index (χ0v) is 18.9. The molecule has 6 nitrogen and oxygen atoms in total. The van der Waals surface area contributed by atoms with Gasteiger partial charge < -0.3 is 24.4 Å².